The molecule has 0 aromatic heterocycles. The van der Waals surface area contributed by atoms with Crippen molar-refractivity contribution in [1.29, 1.82) is 0 Å². The summed E-state index contributed by atoms with van der Waals surface area (Å²) < 4.78 is 11.1. The first kappa shape index (κ1) is 20.6. The molecular formula is C24H34O5. The van der Waals surface area contributed by atoms with Gasteiger partial charge < -0.3 is 9.47 Å². The summed E-state index contributed by atoms with van der Waals surface area (Å²) in [5.74, 6) is 0.661. The number of fused-ring (bicyclic) bond motifs is 3. The van der Waals surface area contributed by atoms with E-state index in [1.165, 1.54) is 7.11 Å². The van der Waals surface area contributed by atoms with Crippen LogP contribution in [0.4, 0.5) is 0 Å². The lowest BCUT2D eigenvalue weighted by Crippen LogP contribution is -2.46. The van der Waals surface area contributed by atoms with Gasteiger partial charge in [-0.3, -0.25) is 14.4 Å². The number of Topliss-reactive ketones (excluding diaryl/α,β-unsaturated/α-hetero) is 1. The predicted molar refractivity (Wildman–Crippen MR) is 108 cm³/mol. The van der Waals surface area contributed by atoms with Gasteiger partial charge in [0.1, 0.15) is 11.4 Å². The highest BCUT2D eigenvalue weighted by molar-refractivity contribution is 5.83. The van der Waals surface area contributed by atoms with Gasteiger partial charge in [-0.1, -0.05) is 25.5 Å². The molecule has 4 rings (SSSR count). The monoisotopic (exact) mass is 402 g/mol. The van der Waals surface area contributed by atoms with E-state index < -0.39 is 0 Å². The quantitative estimate of drug-likeness (QED) is 0.481. The number of ketones is 1. The van der Waals surface area contributed by atoms with Crippen LogP contribution in [0.2, 0.25) is 0 Å². The molecule has 3 unspecified atom stereocenters. The highest BCUT2D eigenvalue weighted by Gasteiger charge is 2.53. The largest absolute Gasteiger partial charge is 0.469 e. The molecular weight excluding hydrogens is 368 g/mol. The molecule has 5 nitrogen and oxygen atoms in total. The zero-order valence-electron chi connectivity index (χ0n) is 18.0. The Bertz CT molecular complexity index is 740. The number of hydrogen-bond donors (Lipinski definition) is 0. The Hall–Kier alpha value is -1.65. The Morgan fingerprint density at radius 2 is 1.93 bits per heavy atom. The summed E-state index contributed by atoms with van der Waals surface area (Å²) in [6.07, 6.45) is 10.2. The first-order chi connectivity index (χ1) is 13.8. The summed E-state index contributed by atoms with van der Waals surface area (Å²) in [7, 11) is 1.46. The van der Waals surface area contributed by atoms with Crippen LogP contribution in [-0.4, -0.2) is 30.4 Å². The molecule has 0 aromatic carbocycles. The SMILES string of the molecule is COC(=O)[C@@H]1C=C2CC(=O)CC[C@]2(C)C2CC[C@H](C)C3(CCCC21)CCC(=O)O3. The molecule has 3 fully saturated rings. The minimum atomic E-state index is -0.328. The van der Waals surface area contributed by atoms with Gasteiger partial charge >= 0.3 is 11.9 Å². The first-order valence-electron chi connectivity index (χ1n) is 11.3. The van der Waals surface area contributed by atoms with E-state index in [-0.39, 0.29) is 40.6 Å². The number of methoxy groups -OCH3 is 1. The summed E-state index contributed by atoms with van der Waals surface area (Å²) in [5.41, 5.74) is 0.803. The fourth-order valence-electron chi connectivity index (χ4n) is 6.83. The second-order valence-corrected chi connectivity index (χ2v) is 10.1. The van der Waals surface area contributed by atoms with E-state index in [0.717, 1.165) is 50.5 Å². The summed E-state index contributed by atoms with van der Waals surface area (Å²) in [6.45, 7) is 4.54. The fraction of sp³-hybridized carbons (Fsp3) is 0.792. The number of carbonyl (C=O) groups excluding carboxylic acids is 3. The lowest BCUT2D eigenvalue weighted by molar-refractivity contribution is -0.153. The van der Waals surface area contributed by atoms with E-state index in [4.69, 9.17) is 9.47 Å². The van der Waals surface area contributed by atoms with Crippen molar-refractivity contribution in [3.8, 4) is 0 Å². The van der Waals surface area contributed by atoms with Gasteiger partial charge in [-0.25, -0.2) is 0 Å². The maximum Gasteiger partial charge on any atom is 0.312 e. The van der Waals surface area contributed by atoms with Gasteiger partial charge in [-0.05, 0) is 68.1 Å². The molecule has 0 N–H and O–H groups in total. The van der Waals surface area contributed by atoms with Gasteiger partial charge in [0.25, 0.3) is 0 Å². The number of allylic oxidation sites excluding steroid dienone is 1. The molecule has 4 aliphatic rings. The van der Waals surface area contributed by atoms with E-state index in [1.807, 2.05) is 0 Å². The molecule has 1 aliphatic heterocycles. The van der Waals surface area contributed by atoms with Gasteiger partial charge in [0.05, 0.1) is 13.0 Å². The molecule has 5 heteroatoms. The number of carbonyl (C=O) groups is 3. The number of hydrogen-bond acceptors (Lipinski definition) is 5. The van der Waals surface area contributed by atoms with Crippen LogP contribution in [0.1, 0.15) is 78.1 Å². The molecule has 3 aliphatic carbocycles. The molecule has 29 heavy (non-hydrogen) atoms. The van der Waals surface area contributed by atoms with Gasteiger partial charge in [0.2, 0.25) is 0 Å². The van der Waals surface area contributed by atoms with Crippen molar-refractivity contribution < 1.29 is 23.9 Å². The molecule has 0 bridgehead atoms. The van der Waals surface area contributed by atoms with Crippen LogP contribution in [-0.2, 0) is 23.9 Å². The Morgan fingerprint density at radius 1 is 1.14 bits per heavy atom. The first-order valence-corrected chi connectivity index (χ1v) is 11.3. The third-order valence-corrected chi connectivity index (χ3v) is 8.71. The number of rotatable bonds is 1. The molecule has 0 aromatic rings. The molecule has 0 radical (unpaired) electrons. The fourth-order valence-corrected chi connectivity index (χ4v) is 6.83. The molecule has 1 saturated heterocycles. The standard InChI is InChI=1S/C24H34O5/c1-15-6-7-20-18(5-4-10-24(15)12-9-21(26)29-24)19(22(27)28-3)14-16-13-17(25)8-11-23(16,20)2/h14-15,18-20H,4-13H2,1-3H3/t15-,18?,19+,20?,23-,24?/m0/s1. The van der Waals surface area contributed by atoms with E-state index in [0.29, 0.717) is 31.1 Å². The smallest absolute Gasteiger partial charge is 0.312 e. The lowest BCUT2D eigenvalue weighted by Gasteiger charge is -2.51. The second kappa shape index (κ2) is 7.55. The van der Waals surface area contributed by atoms with Crippen molar-refractivity contribution in [3.63, 3.8) is 0 Å². The molecule has 1 spiro atoms. The van der Waals surface area contributed by atoms with Gasteiger partial charge in [-0.2, -0.15) is 0 Å². The predicted octanol–water partition coefficient (Wildman–Crippen LogP) is 4.38. The third-order valence-electron chi connectivity index (χ3n) is 8.71. The number of ether oxygens (including phenoxy) is 2. The van der Waals surface area contributed by atoms with Crippen LogP contribution in [0, 0.1) is 29.1 Å². The molecule has 160 valence electrons. The maximum absolute atomic E-state index is 12.7. The highest BCUT2D eigenvalue weighted by atomic mass is 16.6. The van der Waals surface area contributed by atoms with Crippen LogP contribution in [0.3, 0.4) is 0 Å². The average Bonchev–Trinajstić information content (AvgIpc) is 3.10. The Morgan fingerprint density at radius 3 is 2.62 bits per heavy atom. The van der Waals surface area contributed by atoms with E-state index in [9.17, 15) is 14.4 Å². The molecule has 6 atom stereocenters. The number of esters is 2. The van der Waals surface area contributed by atoms with Crippen molar-refractivity contribution in [3.05, 3.63) is 11.6 Å². The van der Waals surface area contributed by atoms with Crippen LogP contribution in [0.5, 0.6) is 0 Å². The Labute approximate surface area is 173 Å². The van der Waals surface area contributed by atoms with Crippen LogP contribution >= 0.6 is 0 Å². The zero-order chi connectivity index (χ0) is 20.8. The molecule has 0 amide bonds. The summed E-state index contributed by atoms with van der Waals surface area (Å²) >= 11 is 0. The van der Waals surface area contributed by atoms with Crippen molar-refractivity contribution in [2.75, 3.05) is 7.11 Å². The van der Waals surface area contributed by atoms with Gasteiger partial charge in [-0.15, -0.1) is 0 Å². The molecule has 1 heterocycles. The minimum Gasteiger partial charge on any atom is -0.469 e. The summed E-state index contributed by atoms with van der Waals surface area (Å²) in [6, 6.07) is 0. The van der Waals surface area contributed by atoms with Crippen LogP contribution < -0.4 is 0 Å². The van der Waals surface area contributed by atoms with E-state index in [2.05, 4.69) is 19.9 Å². The Balaban J connectivity index is 1.68. The average molecular weight is 403 g/mol. The van der Waals surface area contributed by atoms with Crippen molar-refractivity contribution in [2.24, 2.45) is 29.1 Å². The maximum atomic E-state index is 12.7. The zero-order valence-corrected chi connectivity index (χ0v) is 18.0. The lowest BCUT2D eigenvalue weighted by atomic mass is 9.53. The van der Waals surface area contributed by atoms with Crippen LogP contribution in [0.25, 0.3) is 0 Å². The van der Waals surface area contributed by atoms with Crippen molar-refractivity contribution in [2.45, 2.75) is 83.7 Å². The topological polar surface area (TPSA) is 69.7 Å². The van der Waals surface area contributed by atoms with E-state index >= 15 is 0 Å². The van der Waals surface area contributed by atoms with E-state index in [1.54, 1.807) is 0 Å². The van der Waals surface area contributed by atoms with Gasteiger partial charge in [0.15, 0.2) is 0 Å². The normalized spacial score (nSPS) is 42.7. The summed E-state index contributed by atoms with van der Waals surface area (Å²) in [5, 5.41) is 0. The highest BCUT2D eigenvalue weighted by Crippen LogP contribution is 2.57. The van der Waals surface area contributed by atoms with Gasteiger partial charge in [0, 0.05) is 19.3 Å². The third kappa shape index (κ3) is 3.44. The Kier molecular flexibility index (Phi) is 5.37. The van der Waals surface area contributed by atoms with Crippen LogP contribution in [0.15, 0.2) is 11.6 Å². The summed E-state index contributed by atoms with van der Waals surface area (Å²) in [4.78, 5) is 36.8. The van der Waals surface area contributed by atoms with Crippen molar-refractivity contribution in [1.82, 2.24) is 0 Å². The molecule has 2 saturated carbocycles. The second-order valence-electron chi connectivity index (χ2n) is 10.1. The minimum absolute atomic E-state index is 0.0212. The van der Waals surface area contributed by atoms with Crippen molar-refractivity contribution >= 4 is 17.7 Å².